The molecule has 1 N–H and O–H groups in total. The average Bonchev–Trinajstić information content (AvgIpc) is 2.77. The fourth-order valence-corrected chi connectivity index (χ4v) is 1.59. The van der Waals surface area contributed by atoms with Gasteiger partial charge in [0, 0.05) is 5.56 Å². The number of halogens is 1. The zero-order chi connectivity index (χ0) is 13.2. The van der Waals surface area contributed by atoms with Crippen molar-refractivity contribution in [2.45, 2.75) is 24.6 Å². The summed E-state index contributed by atoms with van der Waals surface area (Å²) in [4.78, 5) is 16.2. The molecule has 0 saturated heterocycles. The van der Waals surface area contributed by atoms with Crippen LogP contribution < -0.4 is 0 Å². The number of aromatic amines is 1. The van der Waals surface area contributed by atoms with Crippen molar-refractivity contribution in [1.29, 1.82) is 0 Å². The van der Waals surface area contributed by atoms with Crippen LogP contribution in [-0.2, 0) is 11.2 Å². The number of benzene rings is 1. The van der Waals surface area contributed by atoms with Gasteiger partial charge in [-0.25, -0.2) is 4.98 Å². The van der Waals surface area contributed by atoms with E-state index in [1.54, 1.807) is 0 Å². The first kappa shape index (κ1) is 13.0. The number of aromatic nitrogens is 3. The maximum Gasteiger partial charge on any atom is 0.181 e. The van der Waals surface area contributed by atoms with Crippen LogP contribution in [0, 0.1) is 0 Å². The number of carbonyl (C=O) groups is 1. The largest absolute Gasteiger partial charge is 0.298 e. The number of Topliss-reactive ketones (excluding diaryl/α,β-unsaturated/α-hetero) is 1. The van der Waals surface area contributed by atoms with Gasteiger partial charge in [-0.3, -0.25) is 9.89 Å². The van der Waals surface area contributed by atoms with Crippen molar-refractivity contribution in [2.75, 3.05) is 0 Å². The lowest BCUT2D eigenvalue weighted by Gasteiger charge is -2.12. The van der Waals surface area contributed by atoms with Crippen LogP contribution >= 0.6 is 15.9 Å². The van der Waals surface area contributed by atoms with Crippen molar-refractivity contribution in [1.82, 2.24) is 15.2 Å². The van der Waals surface area contributed by atoms with Gasteiger partial charge in [-0.05, 0) is 13.8 Å². The molecule has 0 aliphatic rings. The number of ketones is 1. The van der Waals surface area contributed by atoms with E-state index < -0.39 is 4.32 Å². The highest BCUT2D eigenvalue weighted by atomic mass is 79.9. The second-order valence-corrected chi connectivity index (χ2v) is 6.53. The molecule has 5 heteroatoms. The Morgan fingerprint density at radius 2 is 2.00 bits per heavy atom. The van der Waals surface area contributed by atoms with Gasteiger partial charge in [0.1, 0.15) is 5.82 Å². The van der Waals surface area contributed by atoms with Gasteiger partial charge >= 0.3 is 0 Å². The minimum absolute atomic E-state index is 0.0678. The Kier molecular flexibility index (Phi) is 3.61. The molecule has 0 aliphatic heterocycles. The number of nitrogens with one attached hydrogen (secondary N) is 1. The quantitative estimate of drug-likeness (QED) is 0.884. The van der Waals surface area contributed by atoms with Gasteiger partial charge in [-0.15, -0.1) is 0 Å². The Morgan fingerprint density at radius 3 is 2.61 bits per heavy atom. The number of rotatable bonds is 4. The average molecular weight is 308 g/mol. The summed E-state index contributed by atoms with van der Waals surface area (Å²) in [7, 11) is 0. The van der Waals surface area contributed by atoms with E-state index in [0.717, 1.165) is 5.56 Å². The molecule has 0 atom stereocenters. The van der Waals surface area contributed by atoms with Gasteiger partial charge in [0.15, 0.2) is 11.6 Å². The van der Waals surface area contributed by atoms with Gasteiger partial charge in [-0.1, -0.05) is 46.3 Å². The highest BCUT2D eigenvalue weighted by Gasteiger charge is 2.24. The lowest BCUT2D eigenvalue weighted by Crippen LogP contribution is -2.26. The zero-order valence-electron chi connectivity index (χ0n) is 10.3. The van der Waals surface area contributed by atoms with E-state index in [9.17, 15) is 4.79 Å². The Hall–Kier alpha value is -1.49. The summed E-state index contributed by atoms with van der Waals surface area (Å²) in [5, 5.41) is 6.92. The fraction of sp³-hybridized carbons (Fsp3) is 0.308. The minimum Gasteiger partial charge on any atom is -0.298 e. The predicted octanol–water partition coefficient (Wildman–Crippen LogP) is 2.76. The van der Waals surface area contributed by atoms with Crippen molar-refractivity contribution in [3.8, 4) is 11.4 Å². The van der Waals surface area contributed by atoms with Gasteiger partial charge in [0.25, 0.3) is 0 Å². The van der Waals surface area contributed by atoms with Gasteiger partial charge < -0.3 is 0 Å². The highest BCUT2D eigenvalue weighted by molar-refractivity contribution is 9.10. The maximum atomic E-state index is 11.8. The third kappa shape index (κ3) is 3.04. The first-order chi connectivity index (χ1) is 8.47. The van der Waals surface area contributed by atoms with E-state index in [1.165, 1.54) is 0 Å². The first-order valence-electron chi connectivity index (χ1n) is 5.66. The van der Waals surface area contributed by atoms with Crippen LogP contribution in [0.25, 0.3) is 11.4 Å². The Morgan fingerprint density at radius 1 is 1.33 bits per heavy atom. The molecule has 1 aromatic heterocycles. The molecule has 18 heavy (non-hydrogen) atoms. The van der Waals surface area contributed by atoms with Crippen molar-refractivity contribution in [2.24, 2.45) is 0 Å². The smallest absolute Gasteiger partial charge is 0.181 e. The minimum atomic E-state index is -0.535. The van der Waals surface area contributed by atoms with Crippen LogP contribution in [-0.4, -0.2) is 25.3 Å². The van der Waals surface area contributed by atoms with Crippen molar-refractivity contribution < 1.29 is 4.79 Å². The number of hydrogen-bond donors (Lipinski definition) is 1. The number of alkyl halides is 1. The summed E-state index contributed by atoms with van der Waals surface area (Å²) in [6.07, 6.45) is 0.248. The van der Waals surface area contributed by atoms with Gasteiger partial charge in [0.2, 0.25) is 0 Å². The SMILES string of the molecule is CC(C)(Br)C(=O)Cc1nc(-c2ccccc2)n[nH]1. The summed E-state index contributed by atoms with van der Waals surface area (Å²) in [6, 6.07) is 9.66. The van der Waals surface area contributed by atoms with Gasteiger partial charge in [0.05, 0.1) is 10.7 Å². The van der Waals surface area contributed by atoms with Crippen LogP contribution in [0.5, 0.6) is 0 Å². The molecule has 2 rings (SSSR count). The third-order valence-corrected chi connectivity index (χ3v) is 3.00. The summed E-state index contributed by atoms with van der Waals surface area (Å²) in [5.74, 6) is 1.27. The lowest BCUT2D eigenvalue weighted by atomic mass is 10.1. The number of nitrogens with zero attached hydrogens (tertiary/aromatic N) is 2. The molecule has 0 radical (unpaired) electrons. The van der Waals surface area contributed by atoms with E-state index in [2.05, 4.69) is 31.1 Å². The Balaban J connectivity index is 2.15. The third-order valence-electron chi connectivity index (χ3n) is 2.55. The molecule has 0 aliphatic carbocycles. The molecule has 0 spiro atoms. The van der Waals surface area contributed by atoms with Crippen molar-refractivity contribution in [3.63, 3.8) is 0 Å². The summed E-state index contributed by atoms with van der Waals surface area (Å²) < 4.78 is -0.535. The molecule has 94 valence electrons. The molecule has 0 amide bonds. The van der Waals surface area contributed by atoms with E-state index in [4.69, 9.17) is 0 Å². The predicted molar refractivity (Wildman–Crippen MR) is 73.5 cm³/mol. The maximum absolute atomic E-state index is 11.8. The van der Waals surface area contributed by atoms with Crippen LogP contribution in [0.1, 0.15) is 19.7 Å². The van der Waals surface area contributed by atoms with Crippen molar-refractivity contribution in [3.05, 3.63) is 36.2 Å². The summed E-state index contributed by atoms with van der Waals surface area (Å²) in [6.45, 7) is 3.65. The van der Waals surface area contributed by atoms with Crippen LogP contribution in [0.15, 0.2) is 30.3 Å². The molecular formula is C13H14BrN3O. The Bertz CT molecular complexity index is 543. The van der Waals surface area contributed by atoms with Crippen LogP contribution in [0.3, 0.4) is 0 Å². The normalized spacial score (nSPS) is 11.5. The van der Waals surface area contributed by atoms with Crippen LogP contribution in [0.2, 0.25) is 0 Å². The molecule has 0 fully saturated rings. The Labute approximate surface area is 114 Å². The molecule has 0 unspecified atom stereocenters. The second kappa shape index (κ2) is 5.02. The first-order valence-corrected chi connectivity index (χ1v) is 6.45. The van der Waals surface area contributed by atoms with E-state index in [1.807, 2.05) is 44.2 Å². The van der Waals surface area contributed by atoms with Gasteiger partial charge in [-0.2, -0.15) is 5.10 Å². The standard InChI is InChI=1S/C13H14BrN3O/c1-13(2,14)10(18)8-11-15-12(17-16-11)9-6-4-3-5-7-9/h3-7H,8H2,1-2H3,(H,15,16,17). The molecule has 1 aromatic carbocycles. The van der Waals surface area contributed by atoms with Crippen molar-refractivity contribution >= 4 is 21.7 Å². The number of hydrogen-bond acceptors (Lipinski definition) is 3. The monoisotopic (exact) mass is 307 g/mol. The molecular weight excluding hydrogens is 294 g/mol. The lowest BCUT2D eigenvalue weighted by molar-refractivity contribution is -0.119. The number of H-pyrrole nitrogens is 1. The molecule has 0 bridgehead atoms. The topological polar surface area (TPSA) is 58.6 Å². The van der Waals surface area contributed by atoms with E-state index in [-0.39, 0.29) is 12.2 Å². The molecule has 1 heterocycles. The highest BCUT2D eigenvalue weighted by Crippen LogP contribution is 2.19. The van der Waals surface area contributed by atoms with E-state index in [0.29, 0.717) is 11.6 Å². The second-order valence-electron chi connectivity index (χ2n) is 4.54. The summed E-state index contributed by atoms with van der Waals surface area (Å²) >= 11 is 3.34. The van der Waals surface area contributed by atoms with Crippen LogP contribution in [0.4, 0.5) is 0 Å². The molecule has 0 saturated carbocycles. The fourth-order valence-electron chi connectivity index (χ4n) is 1.45. The zero-order valence-corrected chi connectivity index (χ0v) is 11.9. The number of carbonyl (C=O) groups excluding carboxylic acids is 1. The molecule has 4 nitrogen and oxygen atoms in total. The van der Waals surface area contributed by atoms with E-state index >= 15 is 0 Å². The summed E-state index contributed by atoms with van der Waals surface area (Å²) in [5.41, 5.74) is 0.936. The molecule has 2 aromatic rings.